The molecule has 1 aromatic rings. The third kappa shape index (κ3) is 5.55. The highest BCUT2D eigenvalue weighted by Crippen LogP contribution is 2.14. The van der Waals surface area contributed by atoms with Crippen LogP contribution in [0.25, 0.3) is 0 Å². The molecule has 1 amide bonds. The summed E-state index contributed by atoms with van der Waals surface area (Å²) in [4.78, 5) is 34.1. The second-order valence-electron chi connectivity index (χ2n) is 4.83. The Balaban J connectivity index is 2.51. The third-order valence-electron chi connectivity index (χ3n) is 3.24. The van der Waals surface area contributed by atoms with Crippen LogP contribution in [0.5, 0.6) is 0 Å². The Bertz CT molecular complexity index is 524. The summed E-state index contributed by atoms with van der Waals surface area (Å²) >= 11 is 0. The molecule has 1 aromatic carbocycles. The third-order valence-corrected chi connectivity index (χ3v) is 3.24. The number of hydrogen-bond acceptors (Lipinski definition) is 4. The van der Waals surface area contributed by atoms with Crippen molar-refractivity contribution in [3.05, 3.63) is 29.8 Å². The predicted molar refractivity (Wildman–Crippen MR) is 81.7 cm³/mol. The van der Waals surface area contributed by atoms with Crippen molar-refractivity contribution in [2.75, 3.05) is 11.9 Å². The lowest BCUT2D eigenvalue weighted by Crippen LogP contribution is -2.17. The first-order chi connectivity index (χ1) is 10.5. The van der Waals surface area contributed by atoms with E-state index in [0.29, 0.717) is 30.7 Å². The van der Waals surface area contributed by atoms with Gasteiger partial charge in [-0.2, -0.15) is 0 Å². The van der Waals surface area contributed by atoms with Crippen LogP contribution in [0, 0.1) is 5.92 Å². The van der Waals surface area contributed by atoms with Crippen LogP contribution in [0.3, 0.4) is 0 Å². The zero-order valence-electron chi connectivity index (χ0n) is 12.8. The zero-order valence-corrected chi connectivity index (χ0v) is 12.8. The number of ether oxygens (including phenoxy) is 1. The van der Waals surface area contributed by atoms with Crippen molar-refractivity contribution in [1.29, 1.82) is 0 Å². The monoisotopic (exact) mass is 307 g/mol. The van der Waals surface area contributed by atoms with Crippen LogP contribution in [0.15, 0.2) is 24.3 Å². The maximum atomic E-state index is 11.8. The molecule has 0 fully saturated rings. The molecule has 6 heteroatoms. The topological polar surface area (TPSA) is 92.7 Å². The van der Waals surface area contributed by atoms with E-state index in [1.807, 2.05) is 0 Å². The molecule has 0 aliphatic rings. The molecule has 0 unspecified atom stereocenters. The SMILES string of the molecule is CCOC(=O)c1ccc(NC(=O)CC[C@@H](CC)C(=O)O)cc1. The highest BCUT2D eigenvalue weighted by molar-refractivity contribution is 5.93. The lowest BCUT2D eigenvalue weighted by Gasteiger charge is -2.10. The minimum Gasteiger partial charge on any atom is -0.481 e. The number of esters is 1. The summed E-state index contributed by atoms with van der Waals surface area (Å²) in [7, 11) is 0. The second-order valence-corrected chi connectivity index (χ2v) is 4.83. The van der Waals surface area contributed by atoms with E-state index in [2.05, 4.69) is 5.32 Å². The number of amides is 1. The van der Waals surface area contributed by atoms with Gasteiger partial charge >= 0.3 is 11.9 Å². The Labute approximate surface area is 129 Å². The fourth-order valence-electron chi connectivity index (χ4n) is 1.94. The first-order valence-corrected chi connectivity index (χ1v) is 7.27. The fourth-order valence-corrected chi connectivity index (χ4v) is 1.94. The lowest BCUT2D eigenvalue weighted by molar-refractivity contribution is -0.142. The fraction of sp³-hybridized carbons (Fsp3) is 0.438. The van der Waals surface area contributed by atoms with Crippen molar-refractivity contribution in [3.8, 4) is 0 Å². The van der Waals surface area contributed by atoms with Gasteiger partial charge in [0.2, 0.25) is 5.91 Å². The molecule has 22 heavy (non-hydrogen) atoms. The minimum atomic E-state index is -0.880. The van der Waals surface area contributed by atoms with Gasteiger partial charge in [0.25, 0.3) is 0 Å². The normalized spacial score (nSPS) is 11.5. The van der Waals surface area contributed by atoms with Crippen molar-refractivity contribution < 1.29 is 24.2 Å². The van der Waals surface area contributed by atoms with E-state index in [0.717, 1.165) is 0 Å². The van der Waals surface area contributed by atoms with Crippen molar-refractivity contribution in [3.63, 3.8) is 0 Å². The number of anilines is 1. The summed E-state index contributed by atoms with van der Waals surface area (Å²) in [5.41, 5.74) is 0.971. The molecule has 2 N–H and O–H groups in total. The number of carbonyl (C=O) groups is 3. The molecule has 1 rings (SSSR count). The number of rotatable bonds is 8. The molecule has 0 bridgehead atoms. The van der Waals surface area contributed by atoms with Crippen LogP contribution in [-0.2, 0) is 14.3 Å². The first kappa shape index (κ1) is 17.7. The van der Waals surface area contributed by atoms with Gasteiger partial charge in [0.05, 0.1) is 18.1 Å². The van der Waals surface area contributed by atoms with Crippen LogP contribution >= 0.6 is 0 Å². The lowest BCUT2D eigenvalue weighted by atomic mass is 10.0. The van der Waals surface area contributed by atoms with Crippen molar-refractivity contribution in [2.45, 2.75) is 33.1 Å². The van der Waals surface area contributed by atoms with Gasteiger partial charge in [0.15, 0.2) is 0 Å². The highest BCUT2D eigenvalue weighted by atomic mass is 16.5. The van der Waals surface area contributed by atoms with Crippen LogP contribution < -0.4 is 5.32 Å². The number of hydrogen-bond donors (Lipinski definition) is 2. The van der Waals surface area contributed by atoms with Gasteiger partial charge in [-0.05, 0) is 44.0 Å². The Morgan fingerprint density at radius 2 is 1.82 bits per heavy atom. The summed E-state index contributed by atoms with van der Waals surface area (Å²) < 4.78 is 4.87. The molecule has 6 nitrogen and oxygen atoms in total. The van der Waals surface area contributed by atoms with Gasteiger partial charge in [-0.1, -0.05) is 6.92 Å². The van der Waals surface area contributed by atoms with Gasteiger partial charge in [0, 0.05) is 12.1 Å². The summed E-state index contributed by atoms with van der Waals surface area (Å²) in [5, 5.41) is 11.6. The second kappa shape index (κ2) is 8.81. The van der Waals surface area contributed by atoms with Crippen LogP contribution in [0.2, 0.25) is 0 Å². The Morgan fingerprint density at radius 1 is 1.18 bits per heavy atom. The smallest absolute Gasteiger partial charge is 0.338 e. The van der Waals surface area contributed by atoms with Crippen molar-refractivity contribution >= 4 is 23.5 Å². The average Bonchev–Trinajstić information content (AvgIpc) is 2.48. The first-order valence-electron chi connectivity index (χ1n) is 7.27. The van der Waals surface area contributed by atoms with E-state index < -0.39 is 17.9 Å². The van der Waals surface area contributed by atoms with E-state index in [1.54, 1.807) is 38.1 Å². The quantitative estimate of drug-likeness (QED) is 0.720. The minimum absolute atomic E-state index is 0.143. The largest absolute Gasteiger partial charge is 0.481 e. The summed E-state index contributed by atoms with van der Waals surface area (Å²) in [5.74, 6) is -2.04. The van der Waals surface area contributed by atoms with Crippen LogP contribution in [0.1, 0.15) is 43.5 Å². The molecule has 0 heterocycles. The molecule has 1 atom stereocenters. The summed E-state index contributed by atoms with van der Waals surface area (Å²) in [6.07, 6.45) is 0.944. The molecule has 120 valence electrons. The Morgan fingerprint density at radius 3 is 2.32 bits per heavy atom. The molecule has 0 radical (unpaired) electrons. The number of carboxylic acids is 1. The number of carbonyl (C=O) groups excluding carboxylic acids is 2. The summed E-state index contributed by atoms with van der Waals surface area (Å²) in [6, 6.07) is 6.36. The van der Waals surface area contributed by atoms with E-state index >= 15 is 0 Å². The molecule has 0 saturated heterocycles. The van der Waals surface area contributed by atoms with Crippen LogP contribution in [-0.4, -0.2) is 29.6 Å². The standard InChI is InChI=1S/C16H21NO5/c1-3-11(15(19)20)7-10-14(18)17-13-8-5-12(6-9-13)16(21)22-4-2/h5-6,8-9,11H,3-4,7,10H2,1-2H3,(H,17,18)(H,19,20)/t11-/m1/s1. The molecule has 0 aromatic heterocycles. The number of benzene rings is 1. The number of nitrogens with one attached hydrogen (secondary N) is 1. The maximum absolute atomic E-state index is 11.8. The number of aliphatic carboxylic acids is 1. The van der Waals surface area contributed by atoms with Crippen LogP contribution in [0.4, 0.5) is 5.69 Å². The Hall–Kier alpha value is -2.37. The molecule has 0 spiro atoms. The predicted octanol–water partition coefficient (Wildman–Crippen LogP) is 2.69. The van der Waals surface area contributed by atoms with Gasteiger partial charge in [0.1, 0.15) is 0 Å². The summed E-state index contributed by atoms with van der Waals surface area (Å²) in [6.45, 7) is 3.82. The Kier molecular flexibility index (Phi) is 7.08. The number of carboxylic acid groups (broad SMARTS) is 1. The zero-order chi connectivity index (χ0) is 16.5. The highest BCUT2D eigenvalue weighted by Gasteiger charge is 2.16. The molecule has 0 saturated carbocycles. The van der Waals surface area contributed by atoms with Gasteiger partial charge in [-0.15, -0.1) is 0 Å². The van der Waals surface area contributed by atoms with E-state index in [1.165, 1.54) is 0 Å². The van der Waals surface area contributed by atoms with E-state index in [-0.39, 0.29) is 12.3 Å². The maximum Gasteiger partial charge on any atom is 0.338 e. The van der Waals surface area contributed by atoms with Gasteiger partial charge in [-0.25, -0.2) is 4.79 Å². The van der Waals surface area contributed by atoms with Crippen molar-refractivity contribution in [1.82, 2.24) is 0 Å². The molecule has 0 aliphatic heterocycles. The average molecular weight is 307 g/mol. The molecular weight excluding hydrogens is 286 g/mol. The molecular formula is C16H21NO5. The van der Waals surface area contributed by atoms with E-state index in [4.69, 9.17) is 9.84 Å². The van der Waals surface area contributed by atoms with Gasteiger partial charge < -0.3 is 15.2 Å². The van der Waals surface area contributed by atoms with E-state index in [9.17, 15) is 14.4 Å². The molecule has 0 aliphatic carbocycles. The van der Waals surface area contributed by atoms with Gasteiger partial charge in [-0.3, -0.25) is 9.59 Å². The van der Waals surface area contributed by atoms with Crippen molar-refractivity contribution in [2.24, 2.45) is 5.92 Å².